The average molecular weight is 198 g/mol. The molecule has 1 rings (SSSR count). The molecule has 0 aromatic carbocycles. The summed E-state index contributed by atoms with van der Waals surface area (Å²) in [5, 5.41) is 3.35. The molecule has 0 aliphatic carbocycles. The Balaban J connectivity index is 2.49. The molecule has 0 fully saturated rings. The third kappa shape index (κ3) is 3.08. The highest BCUT2D eigenvalue weighted by molar-refractivity contribution is 7.09. The summed E-state index contributed by atoms with van der Waals surface area (Å²) in [5.74, 6) is 1.22. The first-order chi connectivity index (χ1) is 6.13. The molecule has 2 N–H and O–H groups in total. The Hall–Kier alpha value is -0.410. The summed E-state index contributed by atoms with van der Waals surface area (Å²) in [6.45, 7) is 7.25. The molecule has 0 saturated carbocycles. The van der Waals surface area contributed by atoms with Gasteiger partial charge in [0.1, 0.15) is 0 Å². The van der Waals surface area contributed by atoms with Crippen LogP contribution in [0, 0.1) is 18.8 Å². The maximum absolute atomic E-state index is 5.61. The van der Waals surface area contributed by atoms with Gasteiger partial charge in [-0.05, 0) is 25.3 Å². The molecule has 13 heavy (non-hydrogen) atoms. The highest BCUT2D eigenvalue weighted by atomic mass is 32.1. The van der Waals surface area contributed by atoms with Crippen LogP contribution in [-0.2, 0) is 6.42 Å². The molecule has 0 aliphatic heterocycles. The van der Waals surface area contributed by atoms with Gasteiger partial charge in [0.05, 0.1) is 5.01 Å². The van der Waals surface area contributed by atoms with E-state index in [1.165, 1.54) is 5.01 Å². The molecule has 74 valence electrons. The van der Waals surface area contributed by atoms with E-state index >= 15 is 0 Å². The van der Waals surface area contributed by atoms with Crippen LogP contribution in [0.1, 0.15) is 24.5 Å². The summed E-state index contributed by atoms with van der Waals surface area (Å²) in [6, 6.07) is 0. The van der Waals surface area contributed by atoms with Gasteiger partial charge in [0.15, 0.2) is 0 Å². The molecule has 1 aromatic rings. The van der Waals surface area contributed by atoms with Crippen molar-refractivity contribution in [2.24, 2.45) is 17.6 Å². The molecule has 2 nitrogen and oxygen atoms in total. The van der Waals surface area contributed by atoms with Crippen molar-refractivity contribution in [3.63, 3.8) is 0 Å². The van der Waals surface area contributed by atoms with Crippen LogP contribution in [0.5, 0.6) is 0 Å². The second kappa shape index (κ2) is 4.72. The third-order valence-electron chi connectivity index (χ3n) is 2.51. The van der Waals surface area contributed by atoms with Gasteiger partial charge in [0.2, 0.25) is 0 Å². The van der Waals surface area contributed by atoms with Crippen LogP contribution in [0.4, 0.5) is 0 Å². The molecular formula is C10H18N2S. The minimum atomic E-state index is 0.587. The van der Waals surface area contributed by atoms with Crippen molar-refractivity contribution >= 4 is 11.3 Å². The maximum atomic E-state index is 5.61. The number of nitrogens with two attached hydrogens (primary N) is 1. The summed E-state index contributed by atoms with van der Waals surface area (Å²) in [5.41, 5.74) is 6.75. The van der Waals surface area contributed by atoms with Gasteiger partial charge in [-0.2, -0.15) is 0 Å². The normalized spacial score (nSPS) is 15.7. The predicted octanol–water partition coefficient (Wildman–Crippen LogP) is 2.22. The topological polar surface area (TPSA) is 38.9 Å². The van der Waals surface area contributed by atoms with E-state index in [1.807, 2.05) is 6.92 Å². The van der Waals surface area contributed by atoms with E-state index in [-0.39, 0.29) is 0 Å². The van der Waals surface area contributed by atoms with Gasteiger partial charge in [-0.15, -0.1) is 11.3 Å². The van der Waals surface area contributed by atoms with Crippen LogP contribution in [-0.4, -0.2) is 11.5 Å². The van der Waals surface area contributed by atoms with Crippen LogP contribution in [0.25, 0.3) is 0 Å². The zero-order chi connectivity index (χ0) is 9.84. The van der Waals surface area contributed by atoms with E-state index in [0.717, 1.165) is 18.7 Å². The number of thiazole rings is 1. The van der Waals surface area contributed by atoms with Crippen molar-refractivity contribution in [2.75, 3.05) is 6.54 Å². The number of nitrogens with zero attached hydrogens (tertiary/aromatic N) is 1. The Morgan fingerprint density at radius 3 is 2.62 bits per heavy atom. The molecule has 0 radical (unpaired) electrons. The van der Waals surface area contributed by atoms with Crippen molar-refractivity contribution in [1.29, 1.82) is 0 Å². The first-order valence-electron chi connectivity index (χ1n) is 4.74. The van der Waals surface area contributed by atoms with Crippen LogP contribution >= 0.6 is 11.3 Å². The number of aryl methyl sites for hydroxylation is 1. The summed E-state index contributed by atoms with van der Waals surface area (Å²) < 4.78 is 0. The Labute approximate surface area is 84.2 Å². The Morgan fingerprint density at radius 1 is 1.46 bits per heavy atom. The van der Waals surface area contributed by atoms with Crippen LogP contribution in [0.3, 0.4) is 0 Å². The molecule has 1 heterocycles. The van der Waals surface area contributed by atoms with Crippen LogP contribution in [0.15, 0.2) is 5.38 Å². The van der Waals surface area contributed by atoms with Gasteiger partial charge < -0.3 is 5.73 Å². The Bertz CT molecular complexity index is 257. The fourth-order valence-electron chi connectivity index (χ4n) is 1.21. The monoisotopic (exact) mass is 198 g/mol. The molecule has 0 bridgehead atoms. The zero-order valence-electron chi connectivity index (χ0n) is 8.58. The highest BCUT2D eigenvalue weighted by Crippen LogP contribution is 2.18. The number of hydrogen-bond donors (Lipinski definition) is 1. The lowest BCUT2D eigenvalue weighted by Crippen LogP contribution is -2.19. The standard InChI is InChI=1S/C10H18N2S/c1-7(8(2)5-11)4-10-12-9(3)6-13-10/h6-8H,4-5,11H2,1-3H3. The molecule has 2 unspecified atom stereocenters. The van der Waals surface area contributed by atoms with Gasteiger partial charge in [-0.1, -0.05) is 13.8 Å². The van der Waals surface area contributed by atoms with Crippen LogP contribution in [0.2, 0.25) is 0 Å². The van der Waals surface area contributed by atoms with Gasteiger partial charge in [0, 0.05) is 17.5 Å². The second-order valence-electron chi connectivity index (χ2n) is 3.78. The van der Waals surface area contributed by atoms with Crippen molar-refractivity contribution < 1.29 is 0 Å². The Kier molecular flexibility index (Phi) is 3.88. The predicted molar refractivity (Wildman–Crippen MR) is 57.9 cm³/mol. The fraction of sp³-hybridized carbons (Fsp3) is 0.700. The number of rotatable bonds is 4. The highest BCUT2D eigenvalue weighted by Gasteiger charge is 2.12. The lowest BCUT2D eigenvalue weighted by Gasteiger charge is -2.16. The summed E-state index contributed by atoms with van der Waals surface area (Å²) in [6.07, 6.45) is 1.07. The molecule has 0 saturated heterocycles. The quantitative estimate of drug-likeness (QED) is 0.805. The van der Waals surface area contributed by atoms with Crippen molar-refractivity contribution in [1.82, 2.24) is 4.98 Å². The summed E-state index contributed by atoms with van der Waals surface area (Å²) in [4.78, 5) is 4.45. The Morgan fingerprint density at radius 2 is 2.15 bits per heavy atom. The SMILES string of the molecule is Cc1csc(CC(C)C(C)CN)n1. The fourth-order valence-corrected chi connectivity index (χ4v) is 2.12. The van der Waals surface area contributed by atoms with Crippen molar-refractivity contribution in [3.8, 4) is 0 Å². The molecule has 3 heteroatoms. The van der Waals surface area contributed by atoms with Gasteiger partial charge in [-0.25, -0.2) is 4.98 Å². The van der Waals surface area contributed by atoms with E-state index in [1.54, 1.807) is 11.3 Å². The minimum Gasteiger partial charge on any atom is -0.330 e. The smallest absolute Gasteiger partial charge is 0.0930 e. The maximum Gasteiger partial charge on any atom is 0.0930 e. The lowest BCUT2D eigenvalue weighted by atomic mass is 9.93. The van der Waals surface area contributed by atoms with E-state index in [9.17, 15) is 0 Å². The van der Waals surface area contributed by atoms with E-state index in [0.29, 0.717) is 11.8 Å². The lowest BCUT2D eigenvalue weighted by molar-refractivity contribution is 0.394. The first-order valence-corrected chi connectivity index (χ1v) is 5.62. The molecule has 1 aromatic heterocycles. The zero-order valence-corrected chi connectivity index (χ0v) is 9.40. The van der Waals surface area contributed by atoms with Gasteiger partial charge in [-0.3, -0.25) is 0 Å². The number of hydrogen-bond acceptors (Lipinski definition) is 3. The van der Waals surface area contributed by atoms with E-state index in [4.69, 9.17) is 5.73 Å². The van der Waals surface area contributed by atoms with E-state index < -0.39 is 0 Å². The first kappa shape index (κ1) is 10.7. The minimum absolute atomic E-state index is 0.587. The summed E-state index contributed by atoms with van der Waals surface area (Å²) >= 11 is 1.75. The van der Waals surface area contributed by atoms with Crippen molar-refractivity contribution in [2.45, 2.75) is 27.2 Å². The molecule has 0 aliphatic rings. The number of aromatic nitrogens is 1. The van der Waals surface area contributed by atoms with E-state index in [2.05, 4.69) is 24.2 Å². The molecule has 2 atom stereocenters. The summed E-state index contributed by atoms with van der Waals surface area (Å²) in [7, 11) is 0. The van der Waals surface area contributed by atoms with Gasteiger partial charge in [0.25, 0.3) is 0 Å². The van der Waals surface area contributed by atoms with Crippen molar-refractivity contribution in [3.05, 3.63) is 16.1 Å². The molecule has 0 spiro atoms. The van der Waals surface area contributed by atoms with Crippen LogP contribution < -0.4 is 5.73 Å². The molecular weight excluding hydrogens is 180 g/mol. The third-order valence-corrected chi connectivity index (χ3v) is 3.50. The average Bonchev–Trinajstić information content (AvgIpc) is 2.49. The largest absolute Gasteiger partial charge is 0.330 e. The van der Waals surface area contributed by atoms with Gasteiger partial charge >= 0.3 is 0 Å². The molecule has 0 amide bonds. The second-order valence-corrected chi connectivity index (χ2v) is 4.72.